The Hall–Kier alpha value is -2.83. The van der Waals surface area contributed by atoms with Gasteiger partial charge in [-0.25, -0.2) is 13.6 Å². The predicted octanol–water partition coefficient (Wildman–Crippen LogP) is 2.00. The maximum absolute atomic E-state index is 13.2. The monoisotopic (exact) mass is 306 g/mol. The fraction of sp³-hybridized carbons (Fsp3) is 0.133. The molecule has 0 aliphatic rings. The number of ether oxygens (including phenoxy) is 1. The highest BCUT2D eigenvalue weighted by Gasteiger charge is 2.24. The van der Waals surface area contributed by atoms with Gasteiger partial charge in [-0.1, -0.05) is 6.07 Å². The van der Waals surface area contributed by atoms with E-state index in [-0.39, 0.29) is 5.56 Å². The molecule has 0 spiro atoms. The lowest BCUT2D eigenvalue weighted by Gasteiger charge is -2.16. The van der Waals surface area contributed by atoms with E-state index in [0.717, 1.165) is 12.1 Å². The number of carbonyl (C=O) groups excluding carboxylic acids is 2. The number of amides is 1. The summed E-state index contributed by atoms with van der Waals surface area (Å²) in [5.74, 6) is -3.31. The molecule has 22 heavy (non-hydrogen) atoms. The first kappa shape index (κ1) is 15.6. The third-order valence-electron chi connectivity index (χ3n) is 2.85. The predicted molar refractivity (Wildman–Crippen MR) is 72.8 cm³/mol. The molecule has 0 saturated carbocycles. The molecular formula is C15H12F2N2O3. The van der Waals surface area contributed by atoms with Gasteiger partial charge in [0.15, 0.2) is 6.04 Å². The molecule has 1 heterocycles. The zero-order valence-electron chi connectivity index (χ0n) is 11.5. The Balaban J connectivity index is 2.27. The minimum atomic E-state index is -1.13. The number of nitrogens with one attached hydrogen (secondary N) is 1. The Morgan fingerprint density at radius 2 is 1.91 bits per heavy atom. The van der Waals surface area contributed by atoms with Crippen molar-refractivity contribution < 1.29 is 23.1 Å². The van der Waals surface area contributed by atoms with Crippen LogP contribution in [0.2, 0.25) is 0 Å². The number of halogens is 2. The van der Waals surface area contributed by atoms with Crippen molar-refractivity contribution in [1.29, 1.82) is 0 Å². The number of rotatable bonds is 4. The van der Waals surface area contributed by atoms with Crippen LogP contribution in [0.5, 0.6) is 0 Å². The van der Waals surface area contributed by atoms with E-state index >= 15 is 0 Å². The largest absolute Gasteiger partial charge is 0.467 e. The van der Waals surface area contributed by atoms with E-state index in [1.807, 2.05) is 0 Å². The number of pyridine rings is 1. The van der Waals surface area contributed by atoms with E-state index in [4.69, 9.17) is 0 Å². The van der Waals surface area contributed by atoms with Crippen molar-refractivity contribution in [3.63, 3.8) is 0 Å². The van der Waals surface area contributed by atoms with Crippen LogP contribution < -0.4 is 5.32 Å². The van der Waals surface area contributed by atoms with Crippen LogP contribution in [0.4, 0.5) is 8.78 Å². The summed E-state index contributed by atoms with van der Waals surface area (Å²) in [6.07, 6.45) is 2.88. The number of esters is 1. The van der Waals surface area contributed by atoms with Gasteiger partial charge in [0, 0.05) is 29.6 Å². The van der Waals surface area contributed by atoms with Crippen LogP contribution in [0.1, 0.15) is 22.0 Å². The second kappa shape index (κ2) is 6.75. The minimum Gasteiger partial charge on any atom is -0.467 e. The van der Waals surface area contributed by atoms with Crippen molar-refractivity contribution >= 4 is 11.9 Å². The van der Waals surface area contributed by atoms with Gasteiger partial charge in [0.25, 0.3) is 5.91 Å². The van der Waals surface area contributed by atoms with E-state index in [2.05, 4.69) is 15.0 Å². The summed E-state index contributed by atoms with van der Waals surface area (Å²) in [4.78, 5) is 27.7. The summed E-state index contributed by atoms with van der Waals surface area (Å²) in [5, 5.41) is 2.37. The van der Waals surface area contributed by atoms with E-state index in [1.54, 1.807) is 12.1 Å². The lowest BCUT2D eigenvalue weighted by Crippen LogP contribution is -2.34. The third-order valence-corrected chi connectivity index (χ3v) is 2.85. The Morgan fingerprint density at radius 1 is 1.23 bits per heavy atom. The summed E-state index contributed by atoms with van der Waals surface area (Å²) in [6, 6.07) is 4.42. The maximum atomic E-state index is 13.2. The lowest BCUT2D eigenvalue weighted by molar-refractivity contribution is -0.143. The van der Waals surface area contributed by atoms with Gasteiger partial charge >= 0.3 is 5.97 Å². The van der Waals surface area contributed by atoms with Crippen LogP contribution in [-0.2, 0) is 9.53 Å². The van der Waals surface area contributed by atoms with Crippen molar-refractivity contribution in [1.82, 2.24) is 10.3 Å². The molecule has 5 nitrogen and oxygen atoms in total. The summed E-state index contributed by atoms with van der Waals surface area (Å²) >= 11 is 0. The van der Waals surface area contributed by atoms with Crippen LogP contribution >= 0.6 is 0 Å². The molecule has 1 aromatic heterocycles. The molecule has 2 rings (SSSR count). The molecule has 0 saturated heterocycles. The highest BCUT2D eigenvalue weighted by Crippen LogP contribution is 2.15. The van der Waals surface area contributed by atoms with Crippen molar-refractivity contribution in [3.05, 3.63) is 65.5 Å². The molecule has 0 radical (unpaired) electrons. The molecule has 0 aliphatic carbocycles. The number of benzene rings is 1. The summed E-state index contributed by atoms with van der Waals surface area (Å²) in [7, 11) is 1.17. The van der Waals surface area contributed by atoms with E-state index in [1.165, 1.54) is 19.5 Å². The number of hydrogen-bond donors (Lipinski definition) is 1. The molecule has 1 aromatic carbocycles. The van der Waals surface area contributed by atoms with Gasteiger partial charge in [0.1, 0.15) is 11.6 Å². The molecule has 0 aliphatic heterocycles. The van der Waals surface area contributed by atoms with E-state index in [9.17, 15) is 18.4 Å². The van der Waals surface area contributed by atoms with Crippen LogP contribution in [0, 0.1) is 11.6 Å². The summed E-state index contributed by atoms with van der Waals surface area (Å²) in [5.41, 5.74) is 0.148. The van der Waals surface area contributed by atoms with Crippen molar-refractivity contribution in [2.75, 3.05) is 7.11 Å². The molecule has 1 amide bonds. The van der Waals surface area contributed by atoms with E-state index in [0.29, 0.717) is 11.6 Å². The van der Waals surface area contributed by atoms with Crippen molar-refractivity contribution in [3.8, 4) is 0 Å². The van der Waals surface area contributed by atoms with Gasteiger partial charge < -0.3 is 10.1 Å². The molecule has 1 atom stereocenters. The van der Waals surface area contributed by atoms with Crippen molar-refractivity contribution in [2.24, 2.45) is 0 Å². The number of aromatic nitrogens is 1. The van der Waals surface area contributed by atoms with Gasteiger partial charge in [0.05, 0.1) is 7.11 Å². The third kappa shape index (κ3) is 3.63. The molecule has 2 aromatic rings. The first-order valence-electron chi connectivity index (χ1n) is 6.26. The normalized spacial score (nSPS) is 11.6. The standard InChI is InChI=1S/C15H12F2N2O3/c1-22-15(21)13(9-3-2-4-18-8-9)19-14(20)10-5-11(16)7-12(17)6-10/h2-8,13H,1H3,(H,19,20)/t13-/m1/s1. The second-order valence-electron chi connectivity index (χ2n) is 4.37. The molecule has 0 unspecified atom stereocenters. The van der Waals surface area contributed by atoms with Gasteiger partial charge in [-0.05, 0) is 18.2 Å². The molecule has 7 heteroatoms. The zero-order chi connectivity index (χ0) is 16.1. The molecule has 114 valence electrons. The van der Waals surface area contributed by atoms with Crippen LogP contribution in [-0.4, -0.2) is 24.0 Å². The SMILES string of the molecule is COC(=O)[C@H](NC(=O)c1cc(F)cc(F)c1)c1cccnc1. The van der Waals surface area contributed by atoms with Gasteiger partial charge in [-0.3, -0.25) is 9.78 Å². The maximum Gasteiger partial charge on any atom is 0.333 e. The average molecular weight is 306 g/mol. The Kier molecular flexibility index (Phi) is 4.77. The van der Waals surface area contributed by atoms with Gasteiger partial charge in [0.2, 0.25) is 0 Å². The van der Waals surface area contributed by atoms with Crippen LogP contribution in [0.25, 0.3) is 0 Å². The van der Waals surface area contributed by atoms with E-state index < -0.39 is 29.6 Å². The fourth-order valence-corrected chi connectivity index (χ4v) is 1.84. The van der Waals surface area contributed by atoms with Crippen LogP contribution in [0.15, 0.2) is 42.7 Å². The van der Waals surface area contributed by atoms with Crippen LogP contribution in [0.3, 0.4) is 0 Å². The Bertz CT molecular complexity index is 672. The molecule has 1 N–H and O–H groups in total. The Labute approximate surface area is 124 Å². The quantitative estimate of drug-likeness (QED) is 0.877. The topological polar surface area (TPSA) is 68.3 Å². The fourth-order valence-electron chi connectivity index (χ4n) is 1.84. The summed E-state index contributed by atoms with van der Waals surface area (Å²) < 4.78 is 30.9. The van der Waals surface area contributed by atoms with Crippen molar-refractivity contribution in [2.45, 2.75) is 6.04 Å². The zero-order valence-corrected chi connectivity index (χ0v) is 11.5. The number of methoxy groups -OCH3 is 1. The number of carbonyl (C=O) groups is 2. The number of hydrogen-bond acceptors (Lipinski definition) is 4. The second-order valence-corrected chi connectivity index (χ2v) is 4.37. The highest BCUT2D eigenvalue weighted by molar-refractivity contribution is 5.97. The number of nitrogens with zero attached hydrogens (tertiary/aromatic N) is 1. The Morgan fingerprint density at radius 3 is 2.45 bits per heavy atom. The lowest BCUT2D eigenvalue weighted by atomic mass is 10.1. The minimum absolute atomic E-state index is 0.240. The molecule has 0 fully saturated rings. The average Bonchev–Trinajstić information content (AvgIpc) is 2.51. The first-order valence-corrected chi connectivity index (χ1v) is 6.26. The molecule has 0 bridgehead atoms. The van der Waals surface area contributed by atoms with Gasteiger partial charge in [-0.2, -0.15) is 0 Å². The first-order chi connectivity index (χ1) is 10.5. The molecular weight excluding hydrogens is 294 g/mol. The smallest absolute Gasteiger partial charge is 0.333 e. The van der Waals surface area contributed by atoms with Gasteiger partial charge in [-0.15, -0.1) is 0 Å². The summed E-state index contributed by atoms with van der Waals surface area (Å²) in [6.45, 7) is 0. The highest BCUT2D eigenvalue weighted by atomic mass is 19.1.